The Morgan fingerprint density at radius 1 is 1.13 bits per heavy atom. The lowest BCUT2D eigenvalue weighted by Crippen LogP contribution is -2.38. The summed E-state index contributed by atoms with van der Waals surface area (Å²) in [6.45, 7) is 2.04. The highest BCUT2D eigenvalue weighted by atomic mass is 79.9. The number of hydrogen-bond acceptors (Lipinski definition) is 6. The van der Waals surface area contributed by atoms with Crippen molar-refractivity contribution >= 4 is 33.4 Å². The van der Waals surface area contributed by atoms with Crippen LogP contribution in [0.4, 0.5) is 0 Å². The van der Waals surface area contributed by atoms with Gasteiger partial charge in [-0.3, -0.25) is 14.6 Å². The molecule has 0 radical (unpaired) electrons. The zero-order valence-electron chi connectivity index (χ0n) is 16.9. The molecule has 1 fully saturated rings. The fourth-order valence-corrected chi connectivity index (χ4v) is 5.63. The first-order valence-electron chi connectivity index (χ1n) is 10.6. The van der Waals surface area contributed by atoms with Gasteiger partial charge in [0.1, 0.15) is 12.0 Å². The average molecular weight is 474 g/mol. The summed E-state index contributed by atoms with van der Waals surface area (Å²) >= 11 is 3.65. The van der Waals surface area contributed by atoms with E-state index >= 15 is 0 Å². The van der Waals surface area contributed by atoms with Crippen molar-refractivity contribution in [1.82, 2.24) is 0 Å². The van der Waals surface area contributed by atoms with E-state index in [0.717, 1.165) is 54.3 Å². The number of carbonyl (C=O) groups excluding carboxylic acids is 2. The second-order valence-corrected chi connectivity index (χ2v) is 9.27. The fraction of sp³-hybridized carbons (Fsp3) is 0.522. The Balaban J connectivity index is 1.60. The van der Waals surface area contributed by atoms with Crippen LogP contribution in [0.3, 0.4) is 0 Å². The van der Waals surface area contributed by atoms with Crippen LogP contribution in [0.15, 0.2) is 32.9 Å². The normalized spacial score (nSPS) is 25.9. The first-order chi connectivity index (χ1) is 14.5. The van der Waals surface area contributed by atoms with Crippen molar-refractivity contribution in [2.24, 2.45) is 10.9 Å². The monoisotopic (exact) mass is 473 g/mol. The Hall–Kier alpha value is -2.15. The number of halogens is 1. The third-order valence-electron chi connectivity index (χ3n) is 6.50. The number of esters is 1. The van der Waals surface area contributed by atoms with Gasteiger partial charge in [0.05, 0.1) is 0 Å². The van der Waals surface area contributed by atoms with Crippen LogP contribution in [0.1, 0.15) is 63.4 Å². The molecule has 0 bridgehead atoms. The number of benzene rings is 1. The van der Waals surface area contributed by atoms with Gasteiger partial charge in [0.15, 0.2) is 17.3 Å². The van der Waals surface area contributed by atoms with E-state index in [4.69, 9.17) is 19.2 Å². The zero-order chi connectivity index (χ0) is 20.8. The van der Waals surface area contributed by atoms with E-state index in [-0.39, 0.29) is 24.6 Å². The maximum atomic E-state index is 13.4. The van der Waals surface area contributed by atoms with Gasteiger partial charge in [0.25, 0.3) is 0 Å². The minimum atomic E-state index is -0.622. The molecule has 0 N–H and O–H groups in total. The van der Waals surface area contributed by atoms with Gasteiger partial charge < -0.3 is 14.2 Å². The van der Waals surface area contributed by atoms with Gasteiger partial charge in [-0.2, -0.15) is 0 Å². The molecule has 1 aromatic rings. The molecule has 5 rings (SSSR count). The summed E-state index contributed by atoms with van der Waals surface area (Å²) in [5.41, 5.74) is 3.01. The average Bonchev–Trinajstić information content (AvgIpc) is 3.38. The van der Waals surface area contributed by atoms with Crippen molar-refractivity contribution in [3.63, 3.8) is 0 Å². The zero-order valence-corrected chi connectivity index (χ0v) is 18.5. The standard InChI is InChI=1S/C23H24BrNO5/c1-12-20(23(27)30-13-5-2-3-6-13)21(22-16(25-12)7-4-8-17(22)26)14-9-18-19(10-15(14)24)29-11-28-18/h9-10,13,20-21H,2-8,11H2,1H3/t20?,21-/m0/s1. The Labute approximate surface area is 183 Å². The van der Waals surface area contributed by atoms with Gasteiger partial charge >= 0.3 is 5.97 Å². The maximum Gasteiger partial charge on any atom is 0.315 e. The minimum absolute atomic E-state index is 0.0384. The number of carbonyl (C=O) groups is 2. The van der Waals surface area contributed by atoms with Gasteiger partial charge in [-0.15, -0.1) is 0 Å². The third kappa shape index (κ3) is 3.37. The van der Waals surface area contributed by atoms with Gasteiger partial charge in [-0.1, -0.05) is 15.9 Å². The quantitative estimate of drug-likeness (QED) is 0.586. The number of ether oxygens (including phenoxy) is 3. The van der Waals surface area contributed by atoms with Gasteiger partial charge in [-0.05, 0) is 63.1 Å². The van der Waals surface area contributed by atoms with Crippen LogP contribution >= 0.6 is 15.9 Å². The van der Waals surface area contributed by atoms with Crippen LogP contribution in [0.5, 0.6) is 11.5 Å². The summed E-state index contributed by atoms with van der Waals surface area (Å²) in [5, 5.41) is 0. The molecule has 1 aromatic carbocycles. The smallest absolute Gasteiger partial charge is 0.315 e. The number of Topliss-reactive ketones (excluding diaryl/α,β-unsaturated/α-hetero) is 1. The Kier molecular flexibility index (Phi) is 5.17. The molecule has 4 aliphatic rings. The van der Waals surface area contributed by atoms with Gasteiger partial charge in [-0.25, -0.2) is 0 Å². The highest BCUT2D eigenvalue weighted by molar-refractivity contribution is 9.10. The summed E-state index contributed by atoms with van der Waals surface area (Å²) in [6.07, 6.45) is 5.96. The molecule has 0 saturated heterocycles. The fourth-order valence-electron chi connectivity index (χ4n) is 5.06. The number of rotatable bonds is 3. The molecule has 0 amide bonds. The Morgan fingerprint density at radius 2 is 1.87 bits per heavy atom. The molecule has 2 heterocycles. The second kappa shape index (κ2) is 7.84. The molecule has 7 heteroatoms. The largest absolute Gasteiger partial charge is 0.462 e. The summed E-state index contributed by atoms with van der Waals surface area (Å²) < 4.78 is 17.8. The minimum Gasteiger partial charge on any atom is -0.462 e. The van der Waals surface area contributed by atoms with Crippen LogP contribution in [0, 0.1) is 5.92 Å². The topological polar surface area (TPSA) is 74.2 Å². The van der Waals surface area contributed by atoms with E-state index in [2.05, 4.69) is 15.9 Å². The predicted molar refractivity (Wildman–Crippen MR) is 114 cm³/mol. The first kappa shape index (κ1) is 19.8. The number of aliphatic imine (C=N–C) groups is 1. The summed E-state index contributed by atoms with van der Waals surface area (Å²) in [7, 11) is 0. The van der Waals surface area contributed by atoms with Gasteiger partial charge in [0, 0.05) is 33.8 Å². The summed E-state index contributed by atoms with van der Waals surface area (Å²) in [4.78, 5) is 31.1. The molecule has 1 unspecified atom stereocenters. The van der Waals surface area contributed by atoms with Crippen molar-refractivity contribution in [1.29, 1.82) is 0 Å². The van der Waals surface area contributed by atoms with E-state index in [1.807, 2.05) is 19.1 Å². The second-order valence-electron chi connectivity index (χ2n) is 8.42. The van der Waals surface area contributed by atoms with Crippen LogP contribution in [0.2, 0.25) is 0 Å². The van der Waals surface area contributed by atoms with E-state index in [9.17, 15) is 9.59 Å². The van der Waals surface area contributed by atoms with Crippen LogP contribution in [-0.4, -0.2) is 30.4 Å². The highest BCUT2D eigenvalue weighted by Crippen LogP contribution is 2.48. The lowest BCUT2D eigenvalue weighted by molar-refractivity contribution is -0.151. The molecule has 0 aromatic heterocycles. The Bertz CT molecular complexity index is 976. The predicted octanol–water partition coefficient (Wildman–Crippen LogP) is 4.85. The molecule has 2 aliphatic heterocycles. The molecule has 158 valence electrons. The number of fused-ring (bicyclic) bond motifs is 1. The SMILES string of the molecule is CC1=NC2=C(C(=O)CCC2)[C@@H](c2cc3c(cc2Br)OCO3)C1C(=O)OC1CCCC1. The van der Waals surface area contributed by atoms with E-state index in [0.29, 0.717) is 29.2 Å². The molecule has 2 atom stereocenters. The van der Waals surface area contributed by atoms with Crippen LogP contribution in [0.25, 0.3) is 0 Å². The number of hydrogen-bond donors (Lipinski definition) is 0. The van der Waals surface area contributed by atoms with E-state index in [1.165, 1.54) is 0 Å². The molecule has 1 saturated carbocycles. The van der Waals surface area contributed by atoms with Crippen molar-refractivity contribution in [3.05, 3.63) is 33.4 Å². The van der Waals surface area contributed by atoms with E-state index < -0.39 is 11.8 Å². The third-order valence-corrected chi connectivity index (χ3v) is 7.19. The van der Waals surface area contributed by atoms with Gasteiger partial charge in [0.2, 0.25) is 6.79 Å². The lowest BCUT2D eigenvalue weighted by atomic mass is 9.71. The van der Waals surface area contributed by atoms with Crippen LogP contribution < -0.4 is 9.47 Å². The number of ketones is 1. The van der Waals surface area contributed by atoms with Crippen molar-refractivity contribution in [3.8, 4) is 11.5 Å². The summed E-state index contributed by atoms with van der Waals surface area (Å²) in [6, 6.07) is 3.74. The molecule has 0 spiro atoms. The first-order valence-corrected chi connectivity index (χ1v) is 11.4. The molecule has 2 aliphatic carbocycles. The van der Waals surface area contributed by atoms with Crippen molar-refractivity contribution in [2.45, 2.75) is 63.9 Å². The maximum absolute atomic E-state index is 13.4. The number of allylic oxidation sites excluding steroid dienone is 2. The lowest BCUT2D eigenvalue weighted by Gasteiger charge is -2.35. The van der Waals surface area contributed by atoms with Crippen LogP contribution in [-0.2, 0) is 14.3 Å². The van der Waals surface area contributed by atoms with E-state index in [1.54, 1.807) is 0 Å². The van der Waals surface area contributed by atoms with Crippen molar-refractivity contribution < 1.29 is 23.8 Å². The molecule has 6 nitrogen and oxygen atoms in total. The summed E-state index contributed by atoms with van der Waals surface area (Å²) in [5.74, 6) is -0.00251. The number of nitrogens with zero attached hydrogens (tertiary/aromatic N) is 1. The molecule has 30 heavy (non-hydrogen) atoms. The Morgan fingerprint density at radius 3 is 2.63 bits per heavy atom. The van der Waals surface area contributed by atoms with Crippen molar-refractivity contribution in [2.75, 3.05) is 6.79 Å². The highest BCUT2D eigenvalue weighted by Gasteiger charge is 2.45. The molecular formula is C23H24BrNO5. The molecular weight excluding hydrogens is 450 g/mol.